The van der Waals surface area contributed by atoms with E-state index in [-0.39, 0.29) is 12.5 Å². The number of carboxylic acids is 1. The Labute approximate surface area is 158 Å². The van der Waals surface area contributed by atoms with Crippen molar-refractivity contribution in [3.8, 4) is 0 Å². The third-order valence-electron chi connectivity index (χ3n) is 3.83. The number of carboxylic acid groups (broad SMARTS) is 1. The number of hydrogen-bond donors (Lipinski definition) is 2. The van der Waals surface area contributed by atoms with E-state index in [2.05, 4.69) is 11.4 Å². The van der Waals surface area contributed by atoms with Gasteiger partial charge in [-0.25, -0.2) is 0 Å². The summed E-state index contributed by atoms with van der Waals surface area (Å²) in [6, 6.07) is 11.1. The maximum atomic E-state index is 13.2. The molecule has 1 aromatic carbocycles. The minimum absolute atomic E-state index is 0.105. The van der Waals surface area contributed by atoms with Crippen LogP contribution in [0.15, 0.2) is 36.4 Å². The largest absolute Gasteiger partial charge is 0.480 e. The maximum Gasteiger partial charge on any atom is 0.322 e. The van der Waals surface area contributed by atoms with E-state index in [0.717, 1.165) is 11.4 Å². The van der Waals surface area contributed by atoms with Gasteiger partial charge in [-0.3, -0.25) is 9.59 Å². The first-order valence-corrected chi connectivity index (χ1v) is 9.22. The van der Waals surface area contributed by atoms with Crippen LogP contribution in [-0.2, 0) is 11.3 Å². The smallest absolute Gasteiger partial charge is 0.322 e. The van der Waals surface area contributed by atoms with Crippen LogP contribution in [0.2, 0.25) is 0 Å². The number of amides is 1. The Morgan fingerprint density at radius 1 is 1.12 bits per heavy atom. The molecule has 0 aliphatic heterocycles. The predicted octanol–water partition coefficient (Wildman–Crippen LogP) is 2.76. The summed E-state index contributed by atoms with van der Waals surface area (Å²) in [5, 5.41) is 11.7. The molecule has 2 rings (SSSR count). The summed E-state index contributed by atoms with van der Waals surface area (Å²) in [7, 11) is 3.95. The molecule has 6 nitrogen and oxygen atoms in total. The molecule has 1 aromatic heterocycles. The number of carbonyl (C=O) groups is 2. The Bertz CT molecular complexity index is 758. The first-order valence-electron chi connectivity index (χ1n) is 8.41. The number of para-hydroxylation sites is 1. The molecule has 0 saturated carbocycles. The van der Waals surface area contributed by atoms with Crippen molar-refractivity contribution in [3.63, 3.8) is 0 Å². The third-order valence-corrected chi connectivity index (χ3v) is 4.82. The Hall–Kier alpha value is -2.38. The van der Waals surface area contributed by atoms with Gasteiger partial charge >= 0.3 is 5.97 Å². The molecule has 0 aliphatic carbocycles. The third kappa shape index (κ3) is 5.86. The highest BCUT2D eigenvalue weighted by molar-refractivity contribution is 7.11. The summed E-state index contributed by atoms with van der Waals surface area (Å²) in [6.07, 6.45) is 0. The highest BCUT2D eigenvalue weighted by Gasteiger charge is 2.20. The molecule has 0 aliphatic rings. The van der Waals surface area contributed by atoms with Gasteiger partial charge in [-0.15, -0.1) is 11.3 Å². The number of rotatable bonds is 9. The van der Waals surface area contributed by atoms with Gasteiger partial charge in [0.05, 0.1) is 12.1 Å². The number of aryl methyl sites for hydroxylation is 1. The molecule has 2 aromatic rings. The summed E-state index contributed by atoms with van der Waals surface area (Å²) in [5.74, 6) is -1.07. The van der Waals surface area contributed by atoms with E-state index in [4.69, 9.17) is 5.11 Å². The number of nitrogens with one attached hydrogen (secondary N) is 1. The number of anilines is 1. The van der Waals surface area contributed by atoms with Crippen LogP contribution in [0.3, 0.4) is 0 Å². The van der Waals surface area contributed by atoms with E-state index in [1.807, 2.05) is 36.9 Å². The molecule has 7 heteroatoms. The van der Waals surface area contributed by atoms with Crippen LogP contribution >= 0.6 is 11.3 Å². The van der Waals surface area contributed by atoms with E-state index < -0.39 is 5.97 Å². The number of carbonyl (C=O) groups excluding carboxylic acids is 1. The summed E-state index contributed by atoms with van der Waals surface area (Å²) in [4.78, 5) is 30.2. The second kappa shape index (κ2) is 9.35. The Morgan fingerprint density at radius 2 is 1.85 bits per heavy atom. The molecule has 0 saturated heterocycles. The van der Waals surface area contributed by atoms with Gasteiger partial charge in [0.2, 0.25) is 0 Å². The predicted molar refractivity (Wildman–Crippen MR) is 105 cm³/mol. The fraction of sp³-hybridized carbons (Fsp3) is 0.368. The molecular weight excluding hydrogens is 350 g/mol. The molecule has 0 radical (unpaired) electrons. The van der Waals surface area contributed by atoms with E-state index in [9.17, 15) is 9.59 Å². The number of hydrogen-bond acceptors (Lipinski definition) is 5. The molecule has 0 spiro atoms. The zero-order chi connectivity index (χ0) is 19.1. The zero-order valence-corrected chi connectivity index (χ0v) is 16.2. The van der Waals surface area contributed by atoms with Crippen molar-refractivity contribution in [2.75, 3.05) is 39.0 Å². The second-order valence-electron chi connectivity index (χ2n) is 6.34. The first-order chi connectivity index (χ1) is 12.4. The Kier molecular flexibility index (Phi) is 7.17. The summed E-state index contributed by atoms with van der Waals surface area (Å²) in [6.45, 7) is 3.70. The first kappa shape index (κ1) is 19.9. The van der Waals surface area contributed by atoms with Crippen LogP contribution < -0.4 is 5.32 Å². The fourth-order valence-electron chi connectivity index (χ4n) is 2.50. The Morgan fingerprint density at radius 3 is 2.46 bits per heavy atom. The molecule has 1 heterocycles. The maximum absolute atomic E-state index is 13.2. The molecule has 1 amide bonds. The van der Waals surface area contributed by atoms with Gasteiger partial charge in [-0.2, -0.15) is 0 Å². The number of nitrogens with zero attached hydrogens (tertiary/aromatic N) is 2. The number of aliphatic carboxylic acids is 1. The summed E-state index contributed by atoms with van der Waals surface area (Å²) >= 11 is 1.68. The van der Waals surface area contributed by atoms with Crippen molar-refractivity contribution in [2.45, 2.75) is 13.5 Å². The van der Waals surface area contributed by atoms with Crippen molar-refractivity contribution in [3.05, 3.63) is 51.7 Å². The summed E-state index contributed by atoms with van der Waals surface area (Å²) < 4.78 is 0. The van der Waals surface area contributed by atoms with Gasteiger partial charge in [0, 0.05) is 28.5 Å². The normalized spacial score (nSPS) is 10.8. The van der Waals surface area contributed by atoms with Crippen LogP contribution in [0.25, 0.3) is 0 Å². The second-order valence-corrected chi connectivity index (χ2v) is 7.71. The van der Waals surface area contributed by atoms with Crippen LogP contribution in [0.1, 0.15) is 20.1 Å². The molecule has 0 bridgehead atoms. The van der Waals surface area contributed by atoms with Crippen LogP contribution in [-0.4, -0.2) is 60.5 Å². The minimum Gasteiger partial charge on any atom is -0.480 e. The quantitative estimate of drug-likeness (QED) is 0.705. The van der Waals surface area contributed by atoms with Gasteiger partial charge in [0.15, 0.2) is 0 Å². The van der Waals surface area contributed by atoms with Gasteiger partial charge in [0.25, 0.3) is 5.91 Å². The van der Waals surface area contributed by atoms with E-state index in [1.165, 1.54) is 4.88 Å². The number of benzene rings is 1. The van der Waals surface area contributed by atoms with E-state index in [1.54, 1.807) is 35.6 Å². The van der Waals surface area contributed by atoms with E-state index >= 15 is 0 Å². The monoisotopic (exact) mass is 375 g/mol. The highest BCUT2D eigenvalue weighted by Crippen LogP contribution is 2.21. The fourth-order valence-corrected chi connectivity index (χ4v) is 3.40. The van der Waals surface area contributed by atoms with Crippen molar-refractivity contribution in [2.24, 2.45) is 0 Å². The standard InChI is InChI=1S/C19H25N3O3S/c1-14-8-9-15(26-14)13-22(11-10-21(2)3)19(25)16-6-4-5-7-17(16)20-12-18(23)24/h4-9,20H,10-13H2,1-3H3,(H,23,24). The van der Waals surface area contributed by atoms with Crippen LogP contribution in [0.4, 0.5) is 5.69 Å². The SMILES string of the molecule is Cc1ccc(CN(CCN(C)C)C(=O)c2ccccc2NCC(=O)O)s1. The highest BCUT2D eigenvalue weighted by atomic mass is 32.1. The van der Waals surface area contributed by atoms with Gasteiger partial charge in [-0.1, -0.05) is 12.1 Å². The lowest BCUT2D eigenvalue weighted by atomic mass is 10.1. The van der Waals surface area contributed by atoms with Gasteiger partial charge < -0.3 is 20.2 Å². The zero-order valence-electron chi connectivity index (χ0n) is 15.4. The lowest BCUT2D eigenvalue weighted by Gasteiger charge is -2.25. The van der Waals surface area contributed by atoms with Crippen molar-refractivity contribution in [1.29, 1.82) is 0 Å². The molecular formula is C19H25N3O3S. The molecule has 140 valence electrons. The lowest BCUT2D eigenvalue weighted by molar-refractivity contribution is -0.134. The van der Waals surface area contributed by atoms with E-state index in [0.29, 0.717) is 24.3 Å². The van der Waals surface area contributed by atoms with Gasteiger partial charge in [-0.05, 0) is 45.3 Å². The minimum atomic E-state index is -0.967. The molecule has 2 N–H and O–H groups in total. The van der Waals surface area contributed by atoms with Crippen LogP contribution in [0, 0.1) is 6.92 Å². The van der Waals surface area contributed by atoms with Crippen molar-refractivity contribution < 1.29 is 14.7 Å². The lowest BCUT2D eigenvalue weighted by Crippen LogP contribution is -2.36. The number of thiophene rings is 1. The number of likely N-dealkylation sites (N-methyl/N-ethyl adjacent to an activating group) is 1. The molecule has 0 atom stereocenters. The van der Waals surface area contributed by atoms with Crippen LogP contribution in [0.5, 0.6) is 0 Å². The molecule has 0 fully saturated rings. The summed E-state index contributed by atoms with van der Waals surface area (Å²) in [5.41, 5.74) is 1.03. The average molecular weight is 375 g/mol. The van der Waals surface area contributed by atoms with Crippen molar-refractivity contribution >= 4 is 28.9 Å². The molecule has 26 heavy (non-hydrogen) atoms. The average Bonchev–Trinajstić information content (AvgIpc) is 3.01. The molecule has 0 unspecified atom stereocenters. The topological polar surface area (TPSA) is 72.9 Å². The van der Waals surface area contributed by atoms with Crippen molar-refractivity contribution in [1.82, 2.24) is 9.80 Å². The van der Waals surface area contributed by atoms with Gasteiger partial charge in [0.1, 0.15) is 6.54 Å². The Balaban J connectivity index is 2.23.